The molecule has 0 aliphatic heterocycles. The van der Waals surface area contributed by atoms with Gasteiger partial charge in [-0.05, 0) is 11.5 Å². The molecule has 0 aliphatic rings. The average molecular weight is 158 g/mol. The summed E-state index contributed by atoms with van der Waals surface area (Å²) >= 11 is 7.58. The minimum absolute atomic E-state index is 0. The van der Waals surface area contributed by atoms with E-state index in [1.165, 1.54) is 0 Å². The summed E-state index contributed by atoms with van der Waals surface area (Å²) in [5.41, 5.74) is 0. The lowest BCUT2D eigenvalue weighted by atomic mass is 11.0. The summed E-state index contributed by atoms with van der Waals surface area (Å²) in [6.07, 6.45) is 0. The van der Waals surface area contributed by atoms with Crippen LogP contribution in [-0.4, -0.2) is 11.5 Å². The smallest absolute Gasteiger partial charge is 0.0126 e. The molecule has 0 spiro atoms. The average Bonchev–Trinajstić information content (AvgIpc) is 1.39. The number of rotatable bonds is 0. The van der Waals surface area contributed by atoms with Crippen molar-refractivity contribution in [3.05, 3.63) is 0 Å². The summed E-state index contributed by atoms with van der Waals surface area (Å²) in [4.78, 5) is 0. The van der Waals surface area contributed by atoms with Gasteiger partial charge in [-0.15, -0.1) is 0 Å². The SMILES string of the molecule is CCS.CCS.S. The van der Waals surface area contributed by atoms with Crippen LogP contribution in [0.1, 0.15) is 13.8 Å². The van der Waals surface area contributed by atoms with E-state index in [0.717, 1.165) is 11.5 Å². The van der Waals surface area contributed by atoms with Crippen LogP contribution in [0.2, 0.25) is 0 Å². The molecule has 0 saturated carbocycles. The molecule has 0 N–H and O–H groups in total. The van der Waals surface area contributed by atoms with Crippen LogP contribution in [0.3, 0.4) is 0 Å². The summed E-state index contributed by atoms with van der Waals surface area (Å²) in [7, 11) is 0. The zero-order valence-electron chi connectivity index (χ0n) is 4.81. The highest BCUT2D eigenvalue weighted by Gasteiger charge is 1.35. The summed E-state index contributed by atoms with van der Waals surface area (Å²) in [6.45, 7) is 3.98. The van der Waals surface area contributed by atoms with Gasteiger partial charge in [-0.1, -0.05) is 13.8 Å². The third-order valence-electron chi connectivity index (χ3n) is 0. The topological polar surface area (TPSA) is 0 Å². The zero-order valence-corrected chi connectivity index (χ0v) is 7.60. The normalized spacial score (nSPS) is 5.14. The van der Waals surface area contributed by atoms with Crippen LogP contribution in [0.15, 0.2) is 0 Å². The van der Waals surface area contributed by atoms with Crippen molar-refractivity contribution < 1.29 is 0 Å². The van der Waals surface area contributed by atoms with Gasteiger partial charge in [-0.2, -0.15) is 38.8 Å². The second-order valence-electron chi connectivity index (χ2n) is 0.632. The molecule has 48 valence electrons. The molecule has 0 rings (SSSR count). The van der Waals surface area contributed by atoms with Gasteiger partial charge in [0.1, 0.15) is 0 Å². The highest BCUT2D eigenvalue weighted by molar-refractivity contribution is 7.80. The fourth-order valence-corrected chi connectivity index (χ4v) is 0. The third kappa shape index (κ3) is 163. The Morgan fingerprint density at radius 2 is 1.00 bits per heavy atom. The first-order valence-electron chi connectivity index (χ1n) is 2.05. The molecule has 3 heteroatoms. The first-order chi connectivity index (χ1) is 2.83. The molecule has 0 unspecified atom stereocenters. The summed E-state index contributed by atoms with van der Waals surface area (Å²) in [5.74, 6) is 1.89. The molecule has 0 nitrogen and oxygen atoms in total. The lowest BCUT2D eigenvalue weighted by Gasteiger charge is -1.48. The van der Waals surface area contributed by atoms with E-state index < -0.39 is 0 Å². The van der Waals surface area contributed by atoms with Crippen molar-refractivity contribution >= 4 is 38.8 Å². The Balaban J connectivity index is -0.0000000400. The Labute approximate surface area is 64.3 Å². The van der Waals surface area contributed by atoms with E-state index in [-0.39, 0.29) is 13.5 Å². The maximum atomic E-state index is 3.79. The minimum atomic E-state index is 0. The minimum Gasteiger partial charge on any atom is -0.197 e. The van der Waals surface area contributed by atoms with Gasteiger partial charge in [-0.25, -0.2) is 0 Å². The van der Waals surface area contributed by atoms with Crippen LogP contribution in [0.4, 0.5) is 0 Å². The number of hydrogen-bond acceptors (Lipinski definition) is 2. The Morgan fingerprint density at radius 3 is 1.00 bits per heavy atom. The van der Waals surface area contributed by atoms with E-state index in [1.54, 1.807) is 0 Å². The molecule has 0 bridgehead atoms. The van der Waals surface area contributed by atoms with Crippen LogP contribution in [0, 0.1) is 0 Å². The number of hydrogen-bond donors (Lipinski definition) is 2. The molecule has 0 fully saturated rings. The zero-order chi connectivity index (χ0) is 5.41. The second kappa shape index (κ2) is 27.7. The van der Waals surface area contributed by atoms with Crippen LogP contribution < -0.4 is 0 Å². The maximum absolute atomic E-state index is 3.79. The van der Waals surface area contributed by atoms with Gasteiger partial charge in [0.05, 0.1) is 0 Å². The fourth-order valence-electron chi connectivity index (χ4n) is 0. The Hall–Kier alpha value is 1.05. The van der Waals surface area contributed by atoms with Gasteiger partial charge in [-0.3, -0.25) is 0 Å². The first-order valence-corrected chi connectivity index (χ1v) is 3.31. The van der Waals surface area contributed by atoms with Crippen molar-refractivity contribution in [1.29, 1.82) is 0 Å². The maximum Gasteiger partial charge on any atom is -0.0126 e. The molecule has 0 radical (unpaired) electrons. The first kappa shape index (κ1) is 15.7. The van der Waals surface area contributed by atoms with Crippen molar-refractivity contribution in [3.63, 3.8) is 0 Å². The van der Waals surface area contributed by atoms with Gasteiger partial charge in [0.15, 0.2) is 0 Å². The Morgan fingerprint density at radius 1 is 1.00 bits per heavy atom. The molecule has 0 heterocycles. The van der Waals surface area contributed by atoms with Gasteiger partial charge < -0.3 is 0 Å². The van der Waals surface area contributed by atoms with Crippen molar-refractivity contribution in [1.82, 2.24) is 0 Å². The Bertz CT molecular complexity index is 8.90. The lowest BCUT2D eigenvalue weighted by molar-refractivity contribution is 1.54. The van der Waals surface area contributed by atoms with E-state index >= 15 is 0 Å². The molecule has 0 aliphatic carbocycles. The van der Waals surface area contributed by atoms with Gasteiger partial charge >= 0.3 is 0 Å². The molecule has 0 amide bonds. The van der Waals surface area contributed by atoms with Crippen molar-refractivity contribution in [3.8, 4) is 0 Å². The van der Waals surface area contributed by atoms with Crippen molar-refractivity contribution in [2.45, 2.75) is 13.8 Å². The summed E-state index contributed by atoms with van der Waals surface area (Å²) < 4.78 is 0. The predicted molar refractivity (Wildman–Crippen MR) is 49.4 cm³/mol. The molecule has 0 aromatic heterocycles. The van der Waals surface area contributed by atoms with Crippen molar-refractivity contribution in [2.75, 3.05) is 11.5 Å². The van der Waals surface area contributed by atoms with Crippen LogP contribution in [0.5, 0.6) is 0 Å². The van der Waals surface area contributed by atoms with E-state index in [9.17, 15) is 0 Å². The van der Waals surface area contributed by atoms with Gasteiger partial charge in [0.25, 0.3) is 0 Å². The molecular formula is C4H14S3. The van der Waals surface area contributed by atoms with Crippen LogP contribution in [0.25, 0.3) is 0 Å². The highest BCUT2D eigenvalue weighted by Crippen LogP contribution is 1.58. The largest absolute Gasteiger partial charge is 0.197 e. The Kier molecular flexibility index (Phi) is 62.2. The van der Waals surface area contributed by atoms with Crippen LogP contribution >= 0.6 is 38.8 Å². The third-order valence-corrected chi connectivity index (χ3v) is 0. The number of thiol groups is 2. The summed E-state index contributed by atoms with van der Waals surface area (Å²) in [6, 6.07) is 0. The van der Waals surface area contributed by atoms with E-state index in [4.69, 9.17) is 0 Å². The van der Waals surface area contributed by atoms with Gasteiger partial charge in [0, 0.05) is 0 Å². The highest BCUT2D eigenvalue weighted by atomic mass is 32.1. The molecule has 0 aromatic carbocycles. The molecule has 0 atom stereocenters. The molecule has 7 heavy (non-hydrogen) atoms. The van der Waals surface area contributed by atoms with E-state index in [2.05, 4.69) is 25.3 Å². The predicted octanol–water partition coefficient (Wildman–Crippen LogP) is 1.99. The fraction of sp³-hybridized carbons (Fsp3) is 1.00. The van der Waals surface area contributed by atoms with E-state index in [1.807, 2.05) is 13.8 Å². The molecular weight excluding hydrogens is 144 g/mol. The van der Waals surface area contributed by atoms with Gasteiger partial charge in [0.2, 0.25) is 0 Å². The lowest BCUT2D eigenvalue weighted by Crippen LogP contribution is -1.36. The summed E-state index contributed by atoms with van der Waals surface area (Å²) in [5, 5.41) is 0. The molecule has 0 aromatic rings. The monoisotopic (exact) mass is 158 g/mol. The van der Waals surface area contributed by atoms with Crippen molar-refractivity contribution in [2.24, 2.45) is 0 Å². The van der Waals surface area contributed by atoms with Crippen LogP contribution in [-0.2, 0) is 0 Å². The second-order valence-corrected chi connectivity index (χ2v) is 1.90. The standard InChI is InChI=1S/2C2H6S.H2S/c2*1-2-3;/h2*3H,2H2,1H3;1H2. The molecule has 0 saturated heterocycles. The quantitative estimate of drug-likeness (QED) is 0.495. The van der Waals surface area contributed by atoms with E-state index in [0.29, 0.717) is 0 Å².